The van der Waals surface area contributed by atoms with Crippen molar-refractivity contribution in [2.75, 3.05) is 0 Å². The summed E-state index contributed by atoms with van der Waals surface area (Å²) in [6.45, 7) is 0. The Hall–Kier alpha value is -1.74. The highest BCUT2D eigenvalue weighted by Crippen LogP contribution is 2.42. The summed E-state index contributed by atoms with van der Waals surface area (Å²) in [4.78, 5) is 0. The molecule has 1 atom stereocenters. The molecule has 1 aliphatic carbocycles. The monoisotopic (exact) mass is 260 g/mol. The minimum absolute atomic E-state index is 0.234. The Balaban J connectivity index is 2.25. The number of aryl methyl sites for hydroxylation is 1. The van der Waals surface area contributed by atoms with Gasteiger partial charge in [-0.3, -0.25) is 0 Å². The van der Waals surface area contributed by atoms with Crippen molar-refractivity contribution in [2.24, 2.45) is 0 Å². The highest BCUT2D eigenvalue weighted by Gasteiger charge is 2.39. The van der Waals surface area contributed by atoms with E-state index < -0.39 is 17.2 Å². The molecule has 0 spiro atoms. The van der Waals surface area contributed by atoms with E-state index in [4.69, 9.17) is 0 Å². The van der Waals surface area contributed by atoms with Gasteiger partial charge in [0.25, 0.3) is 0 Å². The summed E-state index contributed by atoms with van der Waals surface area (Å²) >= 11 is 0. The van der Waals surface area contributed by atoms with Crippen molar-refractivity contribution < 1.29 is 13.9 Å². The second-order valence-electron chi connectivity index (χ2n) is 4.97. The standard InChI is InChI=1S/C16H14F2O/c17-13-8-3-9-14(18)15(13)16(19)10-4-6-11-5-1-2-7-12(11)16/h1-3,5,7-9,19H,4,6,10H2. The van der Waals surface area contributed by atoms with Crippen LogP contribution >= 0.6 is 0 Å². The van der Waals surface area contributed by atoms with Gasteiger partial charge in [-0.2, -0.15) is 0 Å². The predicted molar refractivity (Wildman–Crippen MR) is 68.7 cm³/mol. The second kappa shape index (κ2) is 4.42. The van der Waals surface area contributed by atoms with E-state index in [1.54, 1.807) is 12.1 Å². The van der Waals surface area contributed by atoms with Gasteiger partial charge in [-0.05, 0) is 42.5 Å². The third kappa shape index (κ3) is 1.85. The second-order valence-corrected chi connectivity index (χ2v) is 4.97. The lowest BCUT2D eigenvalue weighted by Crippen LogP contribution is -2.34. The van der Waals surface area contributed by atoms with Gasteiger partial charge in [0, 0.05) is 0 Å². The van der Waals surface area contributed by atoms with Crippen LogP contribution in [0.15, 0.2) is 42.5 Å². The molecule has 98 valence electrons. The Morgan fingerprint density at radius 3 is 2.37 bits per heavy atom. The molecule has 0 heterocycles. The van der Waals surface area contributed by atoms with Gasteiger partial charge in [-0.15, -0.1) is 0 Å². The lowest BCUT2D eigenvalue weighted by Gasteiger charge is -2.35. The number of rotatable bonds is 1. The quantitative estimate of drug-likeness (QED) is 0.831. The maximum atomic E-state index is 14.0. The fourth-order valence-corrected chi connectivity index (χ4v) is 2.96. The van der Waals surface area contributed by atoms with Gasteiger partial charge in [0.1, 0.15) is 17.2 Å². The van der Waals surface area contributed by atoms with Gasteiger partial charge < -0.3 is 5.11 Å². The van der Waals surface area contributed by atoms with E-state index in [2.05, 4.69) is 0 Å². The molecule has 2 aromatic rings. The minimum Gasteiger partial charge on any atom is -0.380 e. The van der Waals surface area contributed by atoms with Crippen LogP contribution in [0.2, 0.25) is 0 Å². The molecule has 3 rings (SSSR count). The van der Waals surface area contributed by atoms with Gasteiger partial charge in [0.15, 0.2) is 0 Å². The average Bonchev–Trinajstić information content (AvgIpc) is 2.39. The van der Waals surface area contributed by atoms with Crippen LogP contribution in [0.3, 0.4) is 0 Å². The smallest absolute Gasteiger partial charge is 0.132 e. The van der Waals surface area contributed by atoms with Gasteiger partial charge in [0.05, 0.1) is 5.56 Å². The summed E-state index contributed by atoms with van der Waals surface area (Å²) < 4.78 is 27.9. The minimum atomic E-state index is -1.57. The number of benzene rings is 2. The zero-order chi connectivity index (χ0) is 13.5. The van der Waals surface area contributed by atoms with Crippen LogP contribution in [0.1, 0.15) is 29.5 Å². The lowest BCUT2D eigenvalue weighted by molar-refractivity contribution is 0.0539. The first-order valence-corrected chi connectivity index (χ1v) is 6.38. The molecular weight excluding hydrogens is 246 g/mol. The van der Waals surface area contributed by atoms with Crippen molar-refractivity contribution in [1.29, 1.82) is 0 Å². The van der Waals surface area contributed by atoms with E-state index in [-0.39, 0.29) is 5.56 Å². The van der Waals surface area contributed by atoms with Crippen LogP contribution in [0.25, 0.3) is 0 Å². The first kappa shape index (κ1) is 12.3. The summed E-state index contributed by atoms with van der Waals surface area (Å²) in [5.74, 6) is -1.39. The van der Waals surface area contributed by atoms with Gasteiger partial charge in [-0.25, -0.2) is 8.78 Å². The largest absolute Gasteiger partial charge is 0.380 e. The van der Waals surface area contributed by atoms with Crippen molar-refractivity contribution in [1.82, 2.24) is 0 Å². The van der Waals surface area contributed by atoms with E-state index >= 15 is 0 Å². The highest BCUT2D eigenvalue weighted by atomic mass is 19.1. The van der Waals surface area contributed by atoms with Crippen LogP contribution in [-0.4, -0.2) is 5.11 Å². The highest BCUT2D eigenvalue weighted by molar-refractivity contribution is 5.43. The molecule has 1 nitrogen and oxygen atoms in total. The van der Waals surface area contributed by atoms with E-state index in [1.807, 2.05) is 12.1 Å². The van der Waals surface area contributed by atoms with Crippen LogP contribution in [0.5, 0.6) is 0 Å². The number of hydrogen-bond donors (Lipinski definition) is 1. The molecule has 3 heteroatoms. The van der Waals surface area contributed by atoms with Crippen LogP contribution in [0, 0.1) is 11.6 Å². The van der Waals surface area contributed by atoms with Crippen molar-refractivity contribution in [2.45, 2.75) is 24.9 Å². The number of fused-ring (bicyclic) bond motifs is 1. The van der Waals surface area contributed by atoms with Crippen molar-refractivity contribution in [3.8, 4) is 0 Å². The summed E-state index contributed by atoms with van der Waals surface area (Å²) in [7, 11) is 0. The van der Waals surface area contributed by atoms with Crippen molar-refractivity contribution in [3.63, 3.8) is 0 Å². The van der Waals surface area contributed by atoms with E-state index in [0.717, 1.165) is 12.0 Å². The summed E-state index contributed by atoms with van der Waals surface area (Å²) in [5.41, 5.74) is -0.226. The molecule has 1 aliphatic rings. The van der Waals surface area contributed by atoms with Gasteiger partial charge in [-0.1, -0.05) is 30.3 Å². The third-order valence-corrected chi connectivity index (χ3v) is 3.82. The number of hydrogen-bond acceptors (Lipinski definition) is 1. The number of halogens is 2. The normalized spacial score (nSPS) is 22.1. The predicted octanol–water partition coefficient (Wildman–Crippen LogP) is 3.54. The Morgan fingerprint density at radius 2 is 1.63 bits per heavy atom. The van der Waals surface area contributed by atoms with Crippen LogP contribution < -0.4 is 0 Å². The maximum absolute atomic E-state index is 14.0. The molecule has 0 radical (unpaired) electrons. The third-order valence-electron chi connectivity index (χ3n) is 3.82. The Bertz CT molecular complexity index is 604. The summed E-state index contributed by atoms with van der Waals surface area (Å²) in [6, 6.07) is 11.0. The molecule has 0 bridgehead atoms. The molecule has 0 aromatic heterocycles. The maximum Gasteiger partial charge on any atom is 0.132 e. The van der Waals surface area contributed by atoms with E-state index in [0.29, 0.717) is 18.4 Å². The SMILES string of the molecule is OC1(c2c(F)cccc2F)CCCc2ccccc21. The first-order valence-electron chi connectivity index (χ1n) is 6.38. The Labute approximate surface area is 110 Å². The molecule has 2 aromatic carbocycles. The van der Waals surface area contributed by atoms with Gasteiger partial charge in [0.2, 0.25) is 0 Å². The molecule has 1 unspecified atom stereocenters. The van der Waals surface area contributed by atoms with Crippen molar-refractivity contribution >= 4 is 0 Å². The fraction of sp³-hybridized carbons (Fsp3) is 0.250. The fourth-order valence-electron chi connectivity index (χ4n) is 2.96. The molecule has 0 fully saturated rings. The molecule has 0 amide bonds. The molecule has 0 saturated heterocycles. The number of aliphatic hydroxyl groups is 1. The summed E-state index contributed by atoms with van der Waals surface area (Å²) in [5, 5.41) is 10.9. The van der Waals surface area contributed by atoms with Gasteiger partial charge >= 0.3 is 0 Å². The Morgan fingerprint density at radius 1 is 0.947 bits per heavy atom. The molecule has 19 heavy (non-hydrogen) atoms. The Kier molecular flexibility index (Phi) is 2.86. The lowest BCUT2D eigenvalue weighted by atomic mass is 9.75. The molecular formula is C16H14F2O. The summed E-state index contributed by atoms with van der Waals surface area (Å²) in [6.07, 6.45) is 1.87. The molecule has 1 N–H and O–H groups in total. The van der Waals surface area contributed by atoms with E-state index in [9.17, 15) is 13.9 Å². The molecule has 0 saturated carbocycles. The first-order chi connectivity index (χ1) is 9.13. The van der Waals surface area contributed by atoms with Crippen LogP contribution in [0.4, 0.5) is 8.78 Å². The zero-order valence-corrected chi connectivity index (χ0v) is 10.4. The van der Waals surface area contributed by atoms with Crippen LogP contribution in [-0.2, 0) is 12.0 Å². The van der Waals surface area contributed by atoms with Crippen molar-refractivity contribution in [3.05, 3.63) is 70.8 Å². The van der Waals surface area contributed by atoms with E-state index in [1.165, 1.54) is 18.2 Å². The zero-order valence-electron chi connectivity index (χ0n) is 10.4. The molecule has 0 aliphatic heterocycles. The topological polar surface area (TPSA) is 20.2 Å². The average molecular weight is 260 g/mol.